The molecule has 9 nitrogen and oxygen atoms in total. The maximum atomic E-state index is 13.2. The van der Waals surface area contributed by atoms with Crippen molar-refractivity contribution in [2.24, 2.45) is 0 Å². The Morgan fingerprint density at radius 3 is 2.68 bits per heavy atom. The zero-order valence-corrected chi connectivity index (χ0v) is 18.3. The van der Waals surface area contributed by atoms with Crippen LogP contribution in [0.25, 0.3) is 0 Å². The van der Waals surface area contributed by atoms with Gasteiger partial charge < -0.3 is 19.3 Å². The number of piperidine rings is 1. The van der Waals surface area contributed by atoms with Crippen LogP contribution in [0.4, 0.5) is 0 Å². The minimum atomic E-state index is -2.38. The molecule has 2 fully saturated rings. The number of carbonyl (C=O) groups is 4. The number of benzene rings is 2. The summed E-state index contributed by atoms with van der Waals surface area (Å²) in [5, 5.41) is 2.16. The Hall–Kier alpha value is -3.72. The second kappa shape index (κ2) is 9.26. The molecule has 0 spiro atoms. The van der Waals surface area contributed by atoms with Gasteiger partial charge in [-0.2, -0.15) is 0 Å². The summed E-state index contributed by atoms with van der Waals surface area (Å²) < 4.78 is 36.6. The Bertz CT molecular complexity index is 1280. The van der Waals surface area contributed by atoms with Gasteiger partial charge in [-0.05, 0) is 29.7 Å². The first-order valence-corrected chi connectivity index (χ1v) is 11.0. The molecular weight excluding hydrogens is 438 g/mol. The Labute approximate surface area is 200 Å². The Kier molecular flexibility index (Phi) is 5.09. The highest BCUT2D eigenvalue weighted by Gasteiger charge is 2.40. The van der Waals surface area contributed by atoms with Crippen LogP contribution >= 0.6 is 0 Å². The summed E-state index contributed by atoms with van der Waals surface area (Å²) in [4.78, 5) is 51.7. The van der Waals surface area contributed by atoms with Crippen LogP contribution < -0.4 is 10.1 Å². The quantitative estimate of drug-likeness (QED) is 0.645. The molecule has 1 N–H and O–H groups in total. The molecule has 3 heterocycles. The van der Waals surface area contributed by atoms with E-state index in [2.05, 4.69) is 5.32 Å². The number of ether oxygens (including phenoxy) is 2. The minimum absolute atomic E-state index is 0.00461. The summed E-state index contributed by atoms with van der Waals surface area (Å²) in [7, 11) is 0. The lowest BCUT2D eigenvalue weighted by molar-refractivity contribution is -0.143. The molecule has 0 aliphatic carbocycles. The van der Waals surface area contributed by atoms with E-state index in [-0.39, 0.29) is 54.9 Å². The van der Waals surface area contributed by atoms with Gasteiger partial charge in [0.2, 0.25) is 17.7 Å². The molecule has 2 aromatic rings. The molecule has 2 saturated heterocycles. The second-order valence-corrected chi connectivity index (χ2v) is 8.34. The first kappa shape index (κ1) is 18.7. The van der Waals surface area contributed by atoms with Crippen molar-refractivity contribution in [3.63, 3.8) is 0 Å². The molecule has 2 aromatic carbocycles. The van der Waals surface area contributed by atoms with Crippen LogP contribution in [-0.4, -0.2) is 59.2 Å². The normalized spacial score (nSPS) is 23.2. The summed E-state index contributed by atoms with van der Waals surface area (Å²) in [6.07, 6.45) is 0.00554. The lowest BCUT2D eigenvalue weighted by Gasteiger charge is -2.29. The van der Waals surface area contributed by atoms with E-state index >= 15 is 0 Å². The predicted molar refractivity (Wildman–Crippen MR) is 119 cm³/mol. The van der Waals surface area contributed by atoms with Gasteiger partial charge in [0.15, 0.2) is 0 Å². The molecule has 1 unspecified atom stereocenters. The molecule has 9 heteroatoms. The fraction of sp³-hybridized carbons (Fsp3) is 0.360. The molecule has 0 bridgehead atoms. The molecule has 1 atom stereocenters. The van der Waals surface area contributed by atoms with Crippen LogP contribution in [0.2, 0.25) is 0 Å². The highest BCUT2D eigenvalue weighted by molar-refractivity contribution is 6.05. The SMILES string of the molecule is [2H]c1cc(OCc2ccc(CN3CCOCC3=O)cc2)c2c(c1)C(=O)N(C1CCC(=O)NC1=O)C2([2H])[2H]. The van der Waals surface area contributed by atoms with Crippen molar-refractivity contribution >= 4 is 23.6 Å². The largest absolute Gasteiger partial charge is 0.489 e. The van der Waals surface area contributed by atoms with E-state index in [1.54, 1.807) is 4.90 Å². The molecule has 4 amide bonds. The fourth-order valence-electron chi connectivity index (χ4n) is 4.16. The van der Waals surface area contributed by atoms with Gasteiger partial charge in [0.05, 0.1) is 17.2 Å². The van der Waals surface area contributed by atoms with E-state index in [9.17, 15) is 19.2 Å². The van der Waals surface area contributed by atoms with Crippen molar-refractivity contribution in [3.05, 3.63) is 64.7 Å². The number of fused-ring (bicyclic) bond motifs is 1. The number of nitrogens with zero attached hydrogens (tertiary/aromatic N) is 2. The van der Waals surface area contributed by atoms with E-state index in [4.69, 9.17) is 13.6 Å². The summed E-state index contributed by atoms with van der Waals surface area (Å²) in [6.45, 7) is -0.733. The maximum absolute atomic E-state index is 13.2. The van der Waals surface area contributed by atoms with E-state index in [0.717, 1.165) is 16.0 Å². The van der Waals surface area contributed by atoms with Gasteiger partial charge in [0, 0.05) is 30.6 Å². The van der Waals surface area contributed by atoms with Gasteiger partial charge in [0.1, 0.15) is 25.0 Å². The monoisotopic (exact) mass is 466 g/mol. The first-order chi connectivity index (χ1) is 17.6. The van der Waals surface area contributed by atoms with Crippen molar-refractivity contribution in [1.29, 1.82) is 0 Å². The summed E-state index contributed by atoms with van der Waals surface area (Å²) in [5.41, 5.74) is 1.63. The van der Waals surface area contributed by atoms with Crippen molar-refractivity contribution in [2.45, 2.75) is 38.5 Å². The van der Waals surface area contributed by atoms with Crippen LogP contribution in [0.15, 0.2) is 42.4 Å². The molecule has 0 aromatic heterocycles. The van der Waals surface area contributed by atoms with Gasteiger partial charge in [0.25, 0.3) is 5.91 Å². The smallest absolute Gasteiger partial charge is 0.255 e. The van der Waals surface area contributed by atoms with Gasteiger partial charge >= 0.3 is 0 Å². The molecule has 0 radical (unpaired) electrons. The highest BCUT2D eigenvalue weighted by Crippen LogP contribution is 2.34. The van der Waals surface area contributed by atoms with Crippen LogP contribution in [0, 0.1) is 0 Å². The zero-order valence-electron chi connectivity index (χ0n) is 21.3. The van der Waals surface area contributed by atoms with Crippen LogP contribution in [0.1, 0.15) is 44.0 Å². The molecule has 176 valence electrons. The van der Waals surface area contributed by atoms with E-state index in [1.165, 1.54) is 12.1 Å². The van der Waals surface area contributed by atoms with E-state index < -0.39 is 30.3 Å². The molecule has 3 aliphatic heterocycles. The Balaban J connectivity index is 1.34. The average molecular weight is 467 g/mol. The third-order valence-electron chi connectivity index (χ3n) is 6.04. The molecule has 5 rings (SSSR count). The number of hydrogen-bond donors (Lipinski definition) is 1. The van der Waals surface area contributed by atoms with Crippen molar-refractivity contribution in [3.8, 4) is 5.75 Å². The third-order valence-corrected chi connectivity index (χ3v) is 6.04. The summed E-state index contributed by atoms with van der Waals surface area (Å²) in [5.74, 6) is -1.94. The van der Waals surface area contributed by atoms with Gasteiger partial charge in [-0.3, -0.25) is 24.5 Å². The number of rotatable bonds is 6. The summed E-state index contributed by atoms with van der Waals surface area (Å²) in [6, 6.07) is 8.84. The zero-order chi connectivity index (χ0) is 26.3. The van der Waals surface area contributed by atoms with Crippen molar-refractivity contribution < 1.29 is 32.8 Å². The molecular formula is C25H25N3O6. The van der Waals surface area contributed by atoms with E-state index in [1.807, 2.05) is 24.3 Å². The maximum Gasteiger partial charge on any atom is 0.255 e. The average Bonchev–Trinajstić information content (AvgIpc) is 3.05. The van der Waals surface area contributed by atoms with Crippen LogP contribution in [0.5, 0.6) is 5.75 Å². The predicted octanol–water partition coefficient (Wildman–Crippen LogP) is 1.39. The number of hydrogen-bond acceptors (Lipinski definition) is 6. The van der Waals surface area contributed by atoms with Crippen molar-refractivity contribution in [1.82, 2.24) is 15.1 Å². The Morgan fingerprint density at radius 1 is 1.12 bits per heavy atom. The van der Waals surface area contributed by atoms with E-state index in [0.29, 0.717) is 19.7 Å². The highest BCUT2D eigenvalue weighted by atomic mass is 16.5. The summed E-state index contributed by atoms with van der Waals surface area (Å²) >= 11 is 0. The number of morpholine rings is 1. The molecule has 34 heavy (non-hydrogen) atoms. The number of imide groups is 1. The van der Waals surface area contributed by atoms with Gasteiger partial charge in [-0.1, -0.05) is 30.3 Å². The Morgan fingerprint density at radius 2 is 1.91 bits per heavy atom. The third kappa shape index (κ3) is 4.38. The molecule has 0 saturated carbocycles. The standard InChI is InChI=1S/C25H25N3O6/c29-22-9-8-20(24(31)26-22)28-13-19-18(25(28)32)2-1-3-21(19)34-14-17-6-4-16(5-7-17)12-27-10-11-33-15-23(27)30/h1-7,20H,8-15H2,(H,26,29,31)/i1D,13D2. The second-order valence-electron chi connectivity index (χ2n) is 8.34. The molecule has 3 aliphatic rings. The van der Waals surface area contributed by atoms with Crippen molar-refractivity contribution in [2.75, 3.05) is 19.8 Å². The van der Waals surface area contributed by atoms with Crippen LogP contribution in [0.3, 0.4) is 0 Å². The topological polar surface area (TPSA) is 105 Å². The van der Waals surface area contributed by atoms with Gasteiger partial charge in [-0.15, -0.1) is 0 Å². The van der Waals surface area contributed by atoms with Gasteiger partial charge in [-0.25, -0.2) is 0 Å². The fourth-order valence-corrected chi connectivity index (χ4v) is 4.16. The minimum Gasteiger partial charge on any atom is -0.489 e. The first-order valence-electron chi connectivity index (χ1n) is 12.5. The number of nitrogens with one attached hydrogen (secondary N) is 1. The lowest BCUT2D eigenvalue weighted by atomic mass is 10.0. The lowest BCUT2D eigenvalue weighted by Crippen LogP contribution is -2.52. The van der Waals surface area contributed by atoms with Crippen LogP contribution in [-0.2, 0) is 38.8 Å². The number of amides is 4. The number of carbonyl (C=O) groups excluding carboxylic acids is 4.